The van der Waals surface area contributed by atoms with E-state index >= 15 is 0 Å². The summed E-state index contributed by atoms with van der Waals surface area (Å²) in [6.07, 6.45) is 2.09. The fraction of sp³-hybridized carbons (Fsp3) is 0.550. The second-order valence-corrected chi connectivity index (χ2v) is 9.60. The van der Waals surface area contributed by atoms with Crippen molar-refractivity contribution >= 4 is 28.0 Å². The molecule has 2 aliphatic rings. The highest BCUT2D eigenvalue weighted by Crippen LogP contribution is 2.29. The Morgan fingerprint density at radius 1 is 1.22 bits per heavy atom. The summed E-state index contributed by atoms with van der Waals surface area (Å²) in [5, 5.41) is 5.12. The monoisotopic (exact) mass is 469 g/mol. The van der Waals surface area contributed by atoms with E-state index in [0.29, 0.717) is 18.6 Å². The zero-order valence-electron chi connectivity index (χ0n) is 18.0. The maximum absolute atomic E-state index is 12.6. The van der Waals surface area contributed by atoms with E-state index in [1.54, 1.807) is 26.0 Å². The number of rotatable bonds is 8. The van der Waals surface area contributed by atoms with Crippen LogP contribution in [0.3, 0.4) is 0 Å². The Morgan fingerprint density at radius 2 is 1.94 bits per heavy atom. The van der Waals surface area contributed by atoms with Crippen LogP contribution in [0, 0.1) is 5.92 Å². The number of piperidine rings is 1. The number of amides is 2. The van der Waals surface area contributed by atoms with Crippen molar-refractivity contribution in [3.05, 3.63) is 35.4 Å². The van der Waals surface area contributed by atoms with Gasteiger partial charge >= 0.3 is 18.0 Å². The lowest BCUT2D eigenvalue weighted by Gasteiger charge is -2.30. The lowest BCUT2D eigenvalue weighted by atomic mass is 9.98. The minimum absolute atomic E-state index is 0.0114. The first-order chi connectivity index (χ1) is 15.3. The van der Waals surface area contributed by atoms with Gasteiger partial charge in [-0.2, -0.15) is 0 Å². The molecule has 0 saturated carbocycles. The molecule has 2 aliphatic heterocycles. The van der Waals surface area contributed by atoms with E-state index < -0.39 is 40.0 Å². The Hall–Kier alpha value is -2.86. The second kappa shape index (κ2) is 10.2. The second-order valence-electron chi connectivity index (χ2n) is 7.34. The highest BCUT2D eigenvalue weighted by molar-refractivity contribution is 7.89. The van der Waals surface area contributed by atoms with Crippen LogP contribution in [0.4, 0.5) is 4.79 Å². The molecule has 11 nitrogen and oxygen atoms in total. The van der Waals surface area contributed by atoms with Crippen molar-refractivity contribution < 1.29 is 36.7 Å². The van der Waals surface area contributed by atoms with Crippen molar-refractivity contribution in [2.45, 2.75) is 32.7 Å². The van der Waals surface area contributed by atoms with Gasteiger partial charge in [0.05, 0.1) is 35.8 Å². The molecule has 1 aromatic heterocycles. The summed E-state index contributed by atoms with van der Waals surface area (Å²) in [6.45, 7) is 3.49. The number of furan rings is 1. The largest absolute Gasteiger partial charge is 0.467 e. The number of hydrogen-bond acceptors (Lipinski definition) is 8. The number of sulfonamides is 1. The third kappa shape index (κ3) is 5.30. The first-order valence-electron chi connectivity index (χ1n) is 10.4. The number of hydrogen-bond donors (Lipinski definition) is 2. The molecular weight excluding hydrogens is 442 g/mol. The van der Waals surface area contributed by atoms with Crippen LogP contribution in [0.2, 0.25) is 0 Å². The number of carbonyl (C=O) groups excluding carboxylic acids is 3. The number of ether oxygens (including phenoxy) is 2. The van der Waals surface area contributed by atoms with Gasteiger partial charge in [0.25, 0.3) is 0 Å². The number of urea groups is 1. The molecule has 2 amide bonds. The van der Waals surface area contributed by atoms with Gasteiger partial charge in [0, 0.05) is 13.1 Å². The molecule has 1 unspecified atom stereocenters. The van der Waals surface area contributed by atoms with Crippen molar-refractivity contribution in [3.8, 4) is 0 Å². The average molecular weight is 470 g/mol. The lowest BCUT2D eigenvalue weighted by Crippen LogP contribution is -2.47. The molecule has 3 heterocycles. The van der Waals surface area contributed by atoms with Crippen LogP contribution in [-0.4, -0.2) is 62.7 Å². The summed E-state index contributed by atoms with van der Waals surface area (Å²) in [7, 11) is -3.30. The Bertz CT molecular complexity index is 978. The first kappa shape index (κ1) is 23.8. The molecule has 176 valence electrons. The number of esters is 2. The molecule has 1 atom stereocenters. The van der Waals surface area contributed by atoms with Gasteiger partial charge in [0.1, 0.15) is 18.4 Å². The van der Waals surface area contributed by atoms with E-state index in [-0.39, 0.29) is 43.3 Å². The Morgan fingerprint density at radius 3 is 2.53 bits per heavy atom. The predicted octanol–water partition coefficient (Wildman–Crippen LogP) is 1.06. The zero-order valence-corrected chi connectivity index (χ0v) is 18.8. The molecule has 0 spiro atoms. The first-order valence-corrected chi connectivity index (χ1v) is 12.0. The summed E-state index contributed by atoms with van der Waals surface area (Å²) in [5.41, 5.74) is 0.186. The van der Waals surface area contributed by atoms with Gasteiger partial charge in [-0.3, -0.25) is 4.79 Å². The van der Waals surface area contributed by atoms with Crippen molar-refractivity contribution in [2.24, 2.45) is 5.92 Å². The quantitative estimate of drug-likeness (QED) is 0.538. The summed E-state index contributed by atoms with van der Waals surface area (Å²) in [6, 6.07) is 1.76. The van der Waals surface area contributed by atoms with Gasteiger partial charge in [-0.05, 0) is 38.8 Å². The summed E-state index contributed by atoms with van der Waals surface area (Å²) in [5.74, 6) is -1.32. The van der Waals surface area contributed by atoms with E-state index in [1.807, 2.05) is 0 Å². The maximum atomic E-state index is 12.6. The highest BCUT2D eigenvalue weighted by atomic mass is 32.2. The van der Waals surface area contributed by atoms with Gasteiger partial charge < -0.3 is 24.5 Å². The lowest BCUT2D eigenvalue weighted by molar-refractivity contribution is -0.149. The van der Waals surface area contributed by atoms with Crippen molar-refractivity contribution in [3.63, 3.8) is 0 Å². The molecule has 0 aliphatic carbocycles. The number of nitrogens with one attached hydrogen (secondary N) is 2. The molecule has 1 aromatic rings. The Kier molecular flexibility index (Phi) is 7.56. The minimum atomic E-state index is -3.30. The third-order valence-corrected chi connectivity index (χ3v) is 7.26. The molecule has 2 N–H and O–H groups in total. The molecule has 1 fully saturated rings. The SMILES string of the molecule is CCOC(=O)C1=C(COC(=O)C2CCN(S(=O)(=O)CC)CC2)NC(=O)NC1c1ccco1. The third-order valence-electron chi connectivity index (χ3n) is 5.38. The van der Waals surface area contributed by atoms with Crippen LogP contribution < -0.4 is 10.6 Å². The van der Waals surface area contributed by atoms with E-state index in [4.69, 9.17) is 13.9 Å². The zero-order chi connectivity index (χ0) is 23.3. The Balaban J connectivity index is 1.72. The van der Waals surface area contributed by atoms with Crippen LogP contribution >= 0.6 is 0 Å². The molecule has 0 aromatic carbocycles. The molecule has 1 saturated heterocycles. The molecule has 12 heteroatoms. The van der Waals surface area contributed by atoms with Gasteiger partial charge in [-0.1, -0.05) is 0 Å². The molecule has 0 bridgehead atoms. The summed E-state index contributed by atoms with van der Waals surface area (Å²) < 4.78 is 41.2. The van der Waals surface area contributed by atoms with Crippen molar-refractivity contribution in [1.82, 2.24) is 14.9 Å². The van der Waals surface area contributed by atoms with E-state index in [0.717, 1.165) is 0 Å². The van der Waals surface area contributed by atoms with Crippen molar-refractivity contribution in [1.29, 1.82) is 0 Å². The van der Waals surface area contributed by atoms with E-state index in [1.165, 1.54) is 10.6 Å². The van der Waals surface area contributed by atoms with Gasteiger partial charge in [0.15, 0.2) is 0 Å². The molecular formula is C20H27N3O8S. The van der Waals surface area contributed by atoms with Crippen LogP contribution in [0.15, 0.2) is 34.1 Å². The van der Waals surface area contributed by atoms with Crippen LogP contribution in [0.25, 0.3) is 0 Å². The van der Waals surface area contributed by atoms with E-state index in [2.05, 4.69) is 10.6 Å². The molecule has 3 rings (SSSR count). The normalized spacial score (nSPS) is 20.4. The highest BCUT2D eigenvalue weighted by Gasteiger charge is 2.36. The maximum Gasteiger partial charge on any atom is 0.338 e. The smallest absolute Gasteiger partial charge is 0.338 e. The fourth-order valence-corrected chi connectivity index (χ4v) is 4.80. The predicted molar refractivity (Wildman–Crippen MR) is 111 cm³/mol. The topological polar surface area (TPSA) is 144 Å². The van der Waals surface area contributed by atoms with Crippen LogP contribution in [-0.2, 0) is 29.1 Å². The van der Waals surface area contributed by atoms with Crippen molar-refractivity contribution in [2.75, 3.05) is 32.1 Å². The standard InChI is InChI=1S/C20H27N3O8S/c1-3-29-19(25)16-14(21-20(26)22-17(16)15-6-5-11-30-15)12-31-18(24)13-7-9-23(10-8-13)32(27,28)4-2/h5-6,11,13,17H,3-4,7-10,12H2,1-2H3,(H2,21,22,26). The Labute approximate surface area is 186 Å². The van der Waals surface area contributed by atoms with E-state index in [9.17, 15) is 22.8 Å². The fourth-order valence-electron chi connectivity index (χ4n) is 3.66. The summed E-state index contributed by atoms with van der Waals surface area (Å²) in [4.78, 5) is 37.4. The van der Waals surface area contributed by atoms with Crippen LogP contribution in [0.1, 0.15) is 38.5 Å². The van der Waals surface area contributed by atoms with Crippen LogP contribution in [0.5, 0.6) is 0 Å². The summed E-state index contributed by atoms with van der Waals surface area (Å²) >= 11 is 0. The molecule has 0 radical (unpaired) electrons. The average Bonchev–Trinajstić information content (AvgIpc) is 3.32. The van der Waals surface area contributed by atoms with Gasteiger partial charge in [-0.25, -0.2) is 22.3 Å². The number of nitrogens with zero attached hydrogens (tertiary/aromatic N) is 1. The van der Waals surface area contributed by atoms with Gasteiger partial charge in [-0.15, -0.1) is 0 Å². The number of carbonyl (C=O) groups is 3. The minimum Gasteiger partial charge on any atom is -0.467 e. The molecule has 32 heavy (non-hydrogen) atoms. The van der Waals surface area contributed by atoms with Gasteiger partial charge in [0.2, 0.25) is 10.0 Å².